The normalized spacial score (nSPS) is 36.5. The number of carboxylic acid groups (broad SMARTS) is 1. The Bertz CT molecular complexity index is 605. The largest absolute Gasteiger partial charge is 0.481 e. The fourth-order valence-corrected chi connectivity index (χ4v) is 4.99. The fraction of sp³-hybridized carbons (Fsp3) is 0.909. The lowest BCUT2D eigenvalue weighted by Crippen LogP contribution is -2.67. The van der Waals surface area contributed by atoms with Crippen LogP contribution in [0.3, 0.4) is 0 Å². The van der Waals surface area contributed by atoms with Crippen LogP contribution >= 0.6 is 0 Å². The van der Waals surface area contributed by atoms with Gasteiger partial charge in [-0.1, -0.05) is 13.8 Å². The van der Waals surface area contributed by atoms with Crippen molar-refractivity contribution in [1.29, 1.82) is 0 Å². The van der Waals surface area contributed by atoms with Gasteiger partial charge in [0.05, 0.1) is 22.0 Å². The highest BCUT2D eigenvalue weighted by molar-refractivity contribution is 5.76. The molecule has 4 aliphatic rings. The average molecular weight is 399 g/mol. The molecule has 4 fully saturated rings. The summed E-state index contributed by atoms with van der Waals surface area (Å²) in [6, 6.07) is 0. The van der Waals surface area contributed by atoms with Crippen LogP contribution in [0.15, 0.2) is 0 Å². The Morgan fingerprint density at radius 3 is 1.68 bits per heavy atom. The van der Waals surface area contributed by atoms with Crippen molar-refractivity contribution in [3.05, 3.63) is 0 Å². The van der Waals surface area contributed by atoms with E-state index in [1.165, 1.54) is 0 Å². The predicted octanol–water partition coefficient (Wildman–Crippen LogP) is 3.67. The molecule has 0 amide bonds. The highest BCUT2D eigenvalue weighted by Crippen LogP contribution is 2.60. The number of carboxylic acids is 1. The molecule has 3 N–H and O–H groups in total. The molecule has 0 heterocycles. The lowest BCUT2D eigenvalue weighted by molar-refractivity contribution is -0.264. The van der Waals surface area contributed by atoms with Crippen molar-refractivity contribution in [3.63, 3.8) is 0 Å². The van der Waals surface area contributed by atoms with E-state index >= 15 is 0 Å². The highest BCUT2D eigenvalue weighted by Gasteiger charge is 2.64. The molecular weight excluding hydrogens is 360 g/mol. The van der Waals surface area contributed by atoms with E-state index < -0.39 is 33.6 Å². The maximum Gasteiger partial charge on any atom is 0.312 e. The molecule has 28 heavy (non-hydrogen) atoms. The first-order valence-corrected chi connectivity index (χ1v) is 10.5. The summed E-state index contributed by atoms with van der Waals surface area (Å²) in [5, 5.41) is 29.8. The number of esters is 1. The van der Waals surface area contributed by atoms with Gasteiger partial charge in [0, 0.05) is 19.3 Å². The molecule has 2 unspecified atom stereocenters. The molecule has 4 saturated carbocycles. The third kappa shape index (κ3) is 4.70. The molecule has 6 nitrogen and oxygen atoms in total. The summed E-state index contributed by atoms with van der Waals surface area (Å²) in [7, 11) is 0. The number of rotatable bonds is 5. The third-order valence-corrected chi connectivity index (χ3v) is 7.17. The van der Waals surface area contributed by atoms with Crippen molar-refractivity contribution in [1.82, 2.24) is 0 Å². The Morgan fingerprint density at radius 1 is 0.893 bits per heavy atom. The van der Waals surface area contributed by atoms with Gasteiger partial charge in [0.1, 0.15) is 5.60 Å². The molecule has 6 heteroatoms. The summed E-state index contributed by atoms with van der Waals surface area (Å²) in [6.45, 7) is 11.1. The van der Waals surface area contributed by atoms with Crippen LogP contribution in [0.2, 0.25) is 0 Å². The Kier molecular flexibility index (Phi) is 6.02. The van der Waals surface area contributed by atoms with Crippen LogP contribution in [0, 0.1) is 16.7 Å². The molecule has 0 saturated heterocycles. The van der Waals surface area contributed by atoms with Gasteiger partial charge in [-0.2, -0.15) is 0 Å². The molecule has 4 bridgehead atoms. The van der Waals surface area contributed by atoms with E-state index in [9.17, 15) is 19.8 Å². The Hall–Kier alpha value is -1.14. The topological polar surface area (TPSA) is 104 Å². The fourth-order valence-electron chi connectivity index (χ4n) is 4.99. The molecule has 0 aromatic rings. The Balaban J connectivity index is 0.000000300. The quantitative estimate of drug-likeness (QED) is 0.611. The maximum absolute atomic E-state index is 12.4. The highest BCUT2D eigenvalue weighted by atomic mass is 16.6. The number of aliphatic carboxylic acids is 1. The zero-order chi connectivity index (χ0) is 21.6. The summed E-state index contributed by atoms with van der Waals surface area (Å²) in [5.41, 5.74) is -3.38. The van der Waals surface area contributed by atoms with Crippen LogP contribution in [-0.4, -0.2) is 44.1 Å². The third-order valence-electron chi connectivity index (χ3n) is 7.17. The summed E-state index contributed by atoms with van der Waals surface area (Å²) < 4.78 is 5.88. The van der Waals surface area contributed by atoms with Crippen molar-refractivity contribution in [2.24, 2.45) is 16.7 Å². The predicted molar refractivity (Wildman–Crippen MR) is 106 cm³/mol. The first-order chi connectivity index (χ1) is 12.6. The van der Waals surface area contributed by atoms with Crippen molar-refractivity contribution in [2.75, 3.05) is 0 Å². The molecular formula is C22H38O6. The minimum Gasteiger partial charge on any atom is -0.481 e. The van der Waals surface area contributed by atoms with Gasteiger partial charge in [0.15, 0.2) is 0 Å². The van der Waals surface area contributed by atoms with Crippen LogP contribution in [-0.2, 0) is 14.3 Å². The molecule has 0 aromatic heterocycles. The smallest absolute Gasteiger partial charge is 0.312 e. The number of hydrogen-bond donors (Lipinski definition) is 3. The van der Waals surface area contributed by atoms with Crippen LogP contribution in [0.1, 0.15) is 92.9 Å². The standard InChI is InChI=1S/C16H26O4.C6H12O2/c1-4-13(2,3)12(17)20-16-7-11-5-14(18,9-16)8-15(19,6-11)10-16;1-4-6(2,3)5(7)8/h11,18-19H,4-10H2,1-3H3;4H2,1-3H3,(H,7,8). The van der Waals surface area contributed by atoms with Crippen LogP contribution in [0.4, 0.5) is 0 Å². The van der Waals surface area contributed by atoms with Gasteiger partial charge in [0.25, 0.3) is 0 Å². The summed E-state index contributed by atoms with van der Waals surface area (Å²) in [5.74, 6) is -0.645. The minimum absolute atomic E-state index is 0.200. The molecule has 0 radical (unpaired) electrons. The van der Waals surface area contributed by atoms with Gasteiger partial charge >= 0.3 is 11.9 Å². The molecule has 2 atom stereocenters. The van der Waals surface area contributed by atoms with E-state index in [-0.39, 0.29) is 11.9 Å². The van der Waals surface area contributed by atoms with Gasteiger partial charge in [-0.15, -0.1) is 0 Å². The van der Waals surface area contributed by atoms with Crippen LogP contribution in [0.5, 0.6) is 0 Å². The van der Waals surface area contributed by atoms with Crippen molar-refractivity contribution < 1.29 is 29.6 Å². The van der Waals surface area contributed by atoms with E-state index in [1.807, 2.05) is 27.7 Å². The van der Waals surface area contributed by atoms with E-state index in [0.717, 1.165) is 25.7 Å². The zero-order valence-corrected chi connectivity index (χ0v) is 18.3. The van der Waals surface area contributed by atoms with Crippen molar-refractivity contribution in [3.8, 4) is 0 Å². The monoisotopic (exact) mass is 398 g/mol. The van der Waals surface area contributed by atoms with Gasteiger partial charge in [-0.05, 0) is 65.7 Å². The lowest BCUT2D eigenvalue weighted by atomic mass is 9.50. The van der Waals surface area contributed by atoms with Crippen LogP contribution < -0.4 is 0 Å². The summed E-state index contributed by atoms with van der Waals surface area (Å²) >= 11 is 0. The number of carbonyl (C=O) groups is 2. The molecule has 4 rings (SSSR count). The second-order valence-electron chi connectivity index (χ2n) is 10.8. The minimum atomic E-state index is -0.842. The molecule has 0 spiro atoms. The SMILES string of the molecule is CCC(C)(C)C(=O)O.CCC(C)(C)C(=O)OC12CC3CC(O)(CC(O)(C3)C1)C2. The summed E-state index contributed by atoms with van der Waals surface area (Å²) in [4.78, 5) is 22.7. The first-order valence-electron chi connectivity index (χ1n) is 10.5. The van der Waals surface area contributed by atoms with Crippen molar-refractivity contribution >= 4 is 11.9 Å². The van der Waals surface area contributed by atoms with E-state index in [0.29, 0.717) is 25.7 Å². The van der Waals surface area contributed by atoms with E-state index in [2.05, 4.69) is 0 Å². The second kappa shape index (κ2) is 7.28. The lowest BCUT2D eigenvalue weighted by Gasteiger charge is -2.62. The number of carbonyl (C=O) groups excluding carboxylic acids is 1. The van der Waals surface area contributed by atoms with E-state index in [1.54, 1.807) is 13.8 Å². The molecule has 4 aliphatic carbocycles. The Morgan fingerprint density at radius 2 is 1.36 bits per heavy atom. The number of hydrogen-bond acceptors (Lipinski definition) is 5. The van der Waals surface area contributed by atoms with Gasteiger partial charge < -0.3 is 20.1 Å². The first kappa shape index (κ1) is 23.1. The van der Waals surface area contributed by atoms with Crippen LogP contribution in [0.25, 0.3) is 0 Å². The molecule has 162 valence electrons. The number of aliphatic hydroxyl groups is 2. The van der Waals surface area contributed by atoms with Gasteiger partial charge in [-0.25, -0.2) is 0 Å². The maximum atomic E-state index is 12.4. The molecule has 0 aromatic carbocycles. The Labute approximate surface area is 168 Å². The van der Waals surface area contributed by atoms with Crippen molar-refractivity contribution in [2.45, 2.75) is 110 Å². The molecule has 0 aliphatic heterocycles. The zero-order valence-electron chi connectivity index (χ0n) is 18.3. The number of ether oxygens (including phenoxy) is 1. The van der Waals surface area contributed by atoms with E-state index in [4.69, 9.17) is 9.84 Å². The van der Waals surface area contributed by atoms with Gasteiger partial charge in [-0.3, -0.25) is 9.59 Å². The second-order valence-corrected chi connectivity index (χ2v) is 10.8. The average Bonchev–Trinajstić information content (AvgIpc) is 2.51. The summed E-state index contributed by atoms with van der Waals surface area (Å²) in [6.07, 6.45) is 5.10. The van der Waals surface area contributed by atoms with Gasteiger partial charge in [0.2, 0.25) is 0 Å².